The zero-order valence-electron chi connectivity index (χ0n) is 12.6. The number of rotatable bonds is 4. The largest absolute Gasteiger partial charge is 0.361 e. The van der Waals surface area contributed by atoms with E-state index in [-0.39, 0.29) is 5.56 Å². The SMILES string of the molecule is O=c1cccnn1CC1CCCN1Cc1noc2c1CCC2. The first kappa shape index (κ1) is 13.7. The maximum absolute atomic E-state index is 11.8. The first-order chi connectivity index (χ1) is 10.8. The number of hydrogen-bond acceptors (Lipinski definition) is 5. The van der Waals surface area contributed by atoms with E-state index < -0.39 is 0 Å². The predicted molar refractivity (Wildman–Crippen MR) is 80.5 cm³/mol. The monoisotopic (exact) mass is 300 g/mol. The van der Waals surface area contributed by atoms with Crippen molar-refractivity contribution in [3.05, 3.63) is 45.7 Å². The third-order valence-corrected chi connectivity index (χ3v) is 4.80. The van der Waals surface area contributed by atoms with Crippen molar-refractivity contribution in [1.82, 2.24) is 19.8 Å². The Kier molecular flexibility index (Phi) is 3.54. The van der Waals surface area contributed by atoms with E-state index in [0.717, 1.165) is 50.2 Å². The fourth-order valence-corrected chi connectivity index (χ4v) is 3.64. The number of aromatic nitrogens is 3. The third kappa shape index (κ3) is 2.47. The number of nitrogens with zero attached hydrogens (tertiary/aromatic N) is 4. The zero-order chi connectivity index (χ0) is 14.9. The molecule has 1 aliphatic carbocycles. The lowest BCUT2D eigenvalue weighted by Gasteiger charge is -2.23. The summed E-state index contributed by atoms with van der Waals surface area (Å²) in [5, 5.41) is 8.43. The van der Waals surface area contributed by atoms with Gasteiger partial charge in [-0.1, -0.05) is 5.16 Å². The fourth-order valence-electron chi connectivity index (χ4n) is 3.64. The van der Waals surface area contributed by atoms with Gasteiger partial charge in [0, 0.05) is 36.8 Å². The summed E-state index contributed by atoms with van der Waals surface area (Å²) in [4.78, 5) is 14.3. The van der Waals surface area contributed by atoms with Gasteiger partial charge < -0.3 is 4.52 Å². The molecule has 6 heteroatoms. The molecule has 22 heavy (non-hydrogen) atoms. The van der Waals surface area contributed by atoms with E-state index >= 15 is 0 Å². The summed E-state index contributed by atoms with van der Waals surface area (Å²) in [5.41, 5.74) is 2.38. The minimum absolute atomic E-state index is 0.0309. The minimum atomic E-state index is -0.0309. The molecule has 0 saturated carbocycles. The van der Waals surface area contributed by atoms with E-state index in [4.69, 9.17) is 4.52 Å². The second-order valence-corrected chi connectivity index (χ2v) is 6.20. The smallest absolute Gasteiger partial charge is 0.266 e. The van der Waals surface area contributed by atoms with Gasteiger partial charge in [0.05, 0.1) is 6.54 Å². The molecule has 1 unspecified atom stereocenters. The van der Waals surface area contributed by atoms with Crippen LogP contribution in [0.5, 0.6) is 0 Å². The molecule has 1 aliphatic heterocycles. The Hall–Kier alpha value is -1.95. The molecule has 3 heterocycles. The van der Waals surface area contributed by atoms with Crippen molar-refractivity contribution < 1.29 is 4.52 Å². The Morgan fingerprint density at radius 2 is 2.27 bits per heavy atom. The van der Waals surface area contributed by atoms with Gasteiger partial charge in [0.1, 0.15) is 11.5 Å². The average Bonchev–Trinajstić information content (AvgIpc) is 3.21. The van der Waals surface area contributed by atoms with Crippen molar-refractivity contribution >= 4 is 0 Å². The van der Waals surface area contributed by atoms with Gasteiger partial charge in [-0.3, -0.25) is 9.69 Å². The molecule has 4 rings (SSSR count). The molecule has 2 aromatic heterocycles. The molecule has 2 aliphatic rings. The standard InChI is InChI=1S/C16H20N4O2/c21-16-7-2-8-17-20(16)10-12-4-3-9-19(12)11-14-13-5-1-6-15(13)22-18-14/h2,7-8,12H,1,3-6,9-11H2. The van der Waals surface area contributed by atoms with Crippen LogP contribution in [-0.2, 0) is 25.9 Å². The van der Waals surface area contributed by atoms with Crippen molar-refractivity contribution in [2.75, 3.05) is 6.54 Å². The predicted octanol–water partition coefficient (Wildman–Crippen LogP) is 1.38. The van der Waals surface area contributed by atoms with Crippen molar-refractivity contribution in [3.8, 4) is 0 Å². The van der Waals surface area contributed by atoms with Gasteiger partial charge in [-0.05, 0) is 38.3 Å². The van der Waals surface area contributed by atoms with Crippen LogP contribution < -0.4 is 5.56 Å². The average molecular weight is 300 g/mol. The van der Waals surface area contributed by atoms with E-state index in [1.54, 1.807) is 23.0 Å². The van der Waals surface area contributed by atoms with E-state index in [2.05, 4.69) is 15.2 Å². The van der Waals surface area contributed by atoms with Gasteiger partial charge in [-0.15, -0.1) is 0 Å². The summed E-state index contributed by atoms with van der Waals surface area (Å²) in [6, 6.07) is 3.60. The van der Waals surface area contributed by atoms with Crippen LogP contribution in [-0.4, -0.2) is 32.4 Å². The fraction of sp³-hybridized carbons (Fsp3) is 0.562. The minimum Gasteiger partial charge on any atom is -0.361 e. The third-order valence-electron chi connectivity index (χ3n) is 4.80. The maximum Gasteiger partial charge on any atom is 0.266 e. The number of likely N-dealkylation sites (tertiary alicyclic amines) is 1. The highest BCUT2D eigenvalue weighted by atomic mass is 16.5. The van der Waals surface area contributed by atoms with Gasteiger partial charge in [0.25, 0.3) is 5.56 Å². The highest BCUT2D eigenvalue weighted by Crippen LogP contribution is 2.28. The first-order valence-corrected chi connectivity index (χ1v) is 8.04. The summed E-state index contributed by atoms with van der Waals surface area (Å²) in [5.74, 6) is 1.08. The molecule has 0 bridgehead atoms. The topological polar surface area (TPSA) is 64.2 Å². The lowest BCUT2D eigenvalue weighted by atomic mass is 10.1. The van der Waals surface area contributed by atoms with Crippen molar-refractivity contribution in [2.24, 2.45) is 0 Å². The normalized spacial score (nSPS) is 21.4. The molecule has 0 aromatic carbocycles. The summed E-state index contributed by atoms with van der Waals surface area (Å²) >= 11 is 0. The summed E-state index contributed by atoms with van der Waals surface area (Å²) in [6.45, 7) is 2.53. The molecule has 0 amide bonds. The zero-order valence-corrected chi connectivity index (χ0v) is 12.6. The van der Waals surface area contributed by atoms with E-state index in [1.165, 1.54) is 12.0 Å². The summed E-state index contributed by atoms with van der Waals surface area (Å²) in [7, 11) is 0. The summed E-state index contributed by atoms with van der Waals surface area (Å²) < 4.78 is 7.01. The van der Waals surface area contributed by atoms with Gasteiger partial charge in [0.2, 0.25) is 0 Å². The van der Waals surface area contributed by atoms with Gasteiger partial charge >= 0.3 is 0 Å². The molecular weight excluding hydrogens is 280 g/mol. The van der Waals surface area contributed by atoms with Crippen LogP contribution in [0.15, 0.2) is 27.6 Å². The van der Waals surface area contributed by atoms with Crippen molar-refractivity contribution in [3.63, 3.8) is 0 Å². The molecule has 1 fully saturated rings. The second-order valence-electron chi connectivity index (χ2n) is 6.20. The van der Waals surface area contributed by atoms with Gasteiger partial charge in [-0.25, -0.2) is 4.68 Å². The van der Waals surface area contributed by atoms with E-state index in [1.807, 2.05) is 0 Å². The first-order valence-electron chi connectivity index (χ1n) is 8.04. The molecule has 1 saturated heterocycles. The second kappa shape index (κ2) is 5.68. The van der Waals surface area contributed by atoms with Crippen LogP contribution in [0.25, 0.3) is 0 Å². The van der Waals surface area contributed by atoms with Gasteiger partial charge in [0.15, 0.2) is 0 Å². The Bertz CT molecular complexity index is 721. The van der Waals surface area contributed by atoms with Crippen LogP contribution in [0.4, 0.5) is 0 Å². The summed E-state index contributed by atoms with van der Waals surface area (Å²) in [6.07, 6.45) is 7.22. The van der Waals surface area contributed by atoms with Crippen molar-refractivity contribution in [2.45, 2.75) is 51.2 Å². The Labute approximate surface area is 128 Å². The van der Waals surface area contributed by atoms with Crippen LogP contribution >= 0.6 is 0 Å². The van der Waals surface area contributed by atoms with Crippen LogP contribution in [0.1, 0.15) is 36.3 Å². The number of hydrogen-bond donors (Lipinski definition) is 0. The van der Waals surface area contributed by atoms with E-state index in [0.29, 0.717) is 12.6 Å². The molecule has 1 atom stereocenters. The Morgan fingerprint density at radius 3 is 3.18 bits per heavy atom. The van der Waals surface area contributed by atoms with Crippen LogP contribution in [0, 0.1) is 0 Å². The van der Waals surface area contributed by atoms with Gasteiger partial charge in [-0.2, -0.15) is 5.10 Å². The maximum atomic E-state index is 11.8. The van der Waals surface area contributed by atoms with E-state index in [9.17, 15) is 4.79 Å². The molecule has 0 radical (unpaired) electrons. The van der Waals surface area contributed by atoms with Crippen LogP contribution in [0.3, 0.4) is 0 Å². The number of fused-ring (bicyclic) bond motifs is 1. The number of aryl methyl sites for hydroxylation is 1. The lowest BCUT2D eigenvalue weighted by Crippen LogP contribution is -2.36. The molecule has 6 nitrogen and oxygen atoms in total. The molecule has 116 valence electrons. The molecule has 0 spiro atoms. The molecule has 0 N–H and O–H groups in total. The highest BCUT2D eigenvalue weighted by Gasteiger charge is 2.29. The molecule has 2 aromatic rings. The van der Waals surface area contributed by atoms with Crippen molar-refractivity contribution in [1.29, 1.82) is 0 Å². The Morgan fingerprint density at radius 1 is 1.32 bits per heavy atom. The Balaban J connectivity index is 1.49. The molecular formula is C16H20N4O2. The van der Waals surface area contributed by atoms with Crippen LogP contribution in [0.2, 0.25) is 0 Å². The highest BCUT2D eigenvalue weighted by molar-refractivity contribution is 5.27. The quantitative estimate of drug-likeness (QED) is 0.853. The lowest BCUT2D eigenvalue weighted by molar-refractivity contribution is 0.210.